The van der Waals surface area contributed by atoms with Gasteiger partial charge in [-0.15, -0.1) is 13.2 Å². The highest BCUT2D eigenvalue weighted by Gasteiger charge is 2.20. The molecule has 3 heteroatoms. The first kappa shape index (κ1) is 37.0. The van der Waals surface area contributed by atoms with Crippen molar-refractivity contribution >= 4 is 0 Å². The Morgan fingerprint density at radius 1 is 0.490 bits per heavy atom. The molecule has 0 aromatic heterocycles. The molecule has 268 valence electrons. The van der Waals surface area contributed by atoms with Gasteiger partial charge in [-0.05, 0) is 170 Å². The van der Waals surface area contributed by atoms with Gasteiger partial charge in [-0.1, -0.05) is 84.9 Å². The zero-order valence-corrected chi connectivity index (χ0v) is 30.4. The van der Waals surface area contributed by atoms with Gasteiger partial charge in [0.2, 0.25) is 0 Å². The second-order valence-electron chi connectivity index (χ2n) is 15.2. The minimum atomic E-state index is -0.212. The molecule has 0 amide bonds. The van der Waals surface area contributed by atoms with Crippen molar-refractivity contribution in [2.24, 2.45) is 23.7 Å². The van der Waals surface area contributed by atoms with E-state index in [9.17, 15) is 0 Å². The zero-order chi connectivity index (χ0) is 35.4. The average Bonchev–Trinajstić information content (AvgIpc) is 3.18. The standard InChI is InChI=1S/C48H56F2O/c1-3-35-5-9-37(10-6-35)13-15-39-17-21-41(22-18-39)45-27-25-43(47(49)33-45)29-31-51-32-30-44-26-28-46(34-48(44)50)42-23-19-40(20-24-42)16-14-38-11-7-36(4-2)8-12-38/h3-4,17-28,33-38H,1-2,5-16,29-32H2. The zero-order valence-electron chi connectivity index (χ0n) is 30.4. The van der Waals surface area contributed by atoms with Crippen LogP contribution in [0.4, 0.5) is 8.78 Å². The average molecular weight is 687 g/mol. The first-order valence-electron chi connectivity index (χ1n) is 19.6. The van der Waals surface area contributed by atoms with E-state index in [1.54, 1.807) is 12.1 Å². The van der Waals surface area contributed by atoms with Crippen LogP contribution < -0.4 is 0 Å². The highest BCUT2D eigenvalue weighted by molar-refractivity contribution is 5.65. The Bertz CT molecular complexity index is 1560. The molecule has 2 aliphatic rings. The number of hydrogen-bond acceptors (Lipinski definition) is 1. The van der Waals surface area contributed by atoms with Crippen LogP contribution in [-0.2, 0) is 30.4 Å². The minimum Gasteiger partial charge on any atom is -0.381 e. The summed E-state index contributed by atoms with van der Waals surface area (Å²) in [5.74, 6) is 2.64. The predicted molar refractivity (Wildman–Crippen MR) is 210 cm³/mol. The molecule has 1 nitrogen and oxygen atoms in total. The molecule has 0 bridgehead atoms. The van der Waals surface area contributed by atoms with Gasteiger partial charge < -0.3 is 4.74 Å². The van der Waals surface area contributed by atoms with Crippen molar-refractivity contribution in [3.05, 3.63) is 144 Å². The lowest BCUT2D eigenvalue weighted by Crippen LogP contribution is -2.13. The van der Waals surface area contributed by atoms with E-state index >= 15 is 8.78 Å². The van der Waals surface area contributed by atoms with Crippen molar-refractivity contribution in [2.45, 2.75) is 89.9 Å². The van der Waals surface area contributed by atoms with Gasteiger partial charge >= 0.3 is 0 Å². The smallest absolute Gasteiger partial charge is 0.127 e. The SMILES string of the molecule is C=CC1CCC(CCc2ccc(-c3ccc(CCOCCc4ccc(-c5ccc(CCC6CCC(C=C)CC6)cc5)cc4F)c(F)c3)cc2)CC1. The highest BCUT2D eigenvalue weighted by Crippen LogP contribution is 2.34. The molecule has 6 rings (SSSR count). The number of allylic oxidation sites excluding steroid dienone is 2. The van der Waals surface area contributed by atoms with Crippen LogP contribution in [0.2, 0.25) is 0 Å². The molecule has 0 unspecified atom stereocenters. The van der Waals surface area contributed by atoms with Crippen LogP contribution in [0, 0.1) is 35.3 Å². The van der Waals surface area contributed by atoms with E-state index in [-0.39, 0.29) is 11.6 Å². The van der Waals surface area contributed by atoms with Crippen LogP contribution in [0.3, 0.4) is 0 Å². The van der Waals surface area contributed by atoms with Crippen LogP contribution >= 0.6 is 0 Å². The molecule has 0 saturated heterocycles. The topological polar surface area (TPSA) is 9.23 Å². The fourth-order valence-electron chi connectivity index (χ4n) is 8.22. The fourth-order valence-corrected chi connectivity index (χ4v) is 8.22. The molecule has 0 atom stereocenters. The van der Waals surface area contributed by atoms with E-state index < -0.39 is 0 Å². The van der Waals surface area contributed by atoms with Crippen LogP contribution in [0.5, 0.6) is 0 Å². The number of aryl methyl sites for hydroxylation is 2. The van der Waals surface area contributed by atoms with Gasteiger partial charge in [-0.25, -0.2) is 8.78 Å². The molecule has 0 spiro atoms. The quantitative estimate of drug-likeness (QED) is 0.0842. The summed E-state index contributed by atoms with van der Waals surface area (Å²) < 4.78 is 35.9. The molecule has 0 N–H and O–H groups in total. The lowest BCUT2D eigenvalue weighted by molar-refractivity contribution is 0.139. The third kappa shape index (κ3) is 10.6. The van der Waals surface area contributed by atoms with Crippen LogP contribution in [-0.4, -0.2) is 13.2 Å². The van der Waals surface area contributed by atoms with Crippen molar-refractivity contribution < 1.29 is 13.5 Å². The molecule has 2 aliphatic carbocycles. The summed E-state index contributed by atoms with van der Waals surface area (Å²) in [5, 5.41) is 0. The third-order valence-electron chi connectivity index (χ3n) is 11.8. The number of ether oxygens (including phenoxy) is 1. The molecular formula is C48H56F2O. The molecule has 2 fully saturated rings. The van der Waals surface area contributed by atoms with Gasteiger partial charge in [0.1, 0.15) is 11.6 Å². The Labute approximate surface area is 305 Å². The highest BCUT2D eigenvalue weighted by atomic mass is 19.1. The maximum Gasteiger partial charge on any atom is 0.127 e. The second kappa shape index (κ2) is 18.6. The van der Waals surface area contributed by atoms with E-state index in [0.717, 1.165) is 46.9 Å². The summed E-state index contributed by atoms with van der Waals surface area (Å²) in [5.41, 5.74) is 7.81. The van der Waals surface area contributed by atoms with Gasteiger partial charge in [0.15, 0.2) is 0 Å². The Morgan fingerprint density at radius 2 is 0.863 bits per heavy atom. The first-order valence-corrected chi connectivity index (χ1v) is 19.6. The molecule has 0 radical (unpaired) electrons. The largest absolute Gasteiger partial charge is 0.381 e. The number of hydrogen-bond donors (Lipinski definition) is 0. The number of rotatable bonds is 16. The molecule has 0 aliphatic heterocycles. The van der Waals surface area contributed by atoms with Gasteiger partial charge in [0.05, 0.1) is 13.2 Å². The van der Waals surface area contributed by atoms with Gasteiger partial charge in [-0.2, -0.15) is 0 Å². The maximum atomic E-state index is 15.0. The molecule has 0 heterocycles. The summed E-state index contributed by atoms with van der Waals surface area (Å²) in [6.07, 6.45) is 20.3. The van der Waals surface area contributed by atoms with Crippen LogP contribution in [0.15, 0.2) is 110 Å². The first-order chi connectivity index (χ1) is 25.0. The molecular weight excluding hydrogens is 631 g/mol. The summed E-state index contributed by atoms with van der Waals surface area (Å²) in [6, 6.07) is 28.2. The van der Waals surface area contributed by atoms with E-state index in [0.29, 0.717) is 49.0 Å². The van der Waals surface area contributed by atoms with Crippen molar-refractivity contribution in [1.82, 2.24) is 0 Å². The Balaban J connectivity index is 0.902. The molecule has 2 saturated carbocycles. The van der Waals surface area contributed by atoms with Crippen molar-refractivity contribution in [3.63, 3.8) is 0 Å². The third-order valence-corrected chi connectivity index (χ3v) is 11.8. The van der Waals surface area contributed by atoms with Gasteiger partial charge in [0.25, 0.3) is 0 Å². The molecule has 4 aromatic rings. The minimum absolute atomic E-state index is 0.212. The normalized spacial score (nSPS) is 20.6. The summed E-state index contributed by atoms with van der Waals surface area (Å²) >= 11 is 0. The van der Waals surface area contributed by atoms with Gasteiger partial charge in [-0.3, -0.25) is 0 Å². The Hall–Kier alpha value is -3.82. The predicted octanol–water partition coefficient (Wildman–Crippen LogP) is 13.0. The van der Waals surface area contributed by atoms with E-state index in [1.165, 1.54) is 75.3 Å². The molecule has 4 aromatic carbocycles. The van der Waals surface area contributed by atoms with Crippen LogP contribution in [0.1, 0.15) is 86.5 Å². The fraction of sp³-hybridized carbons (Fsp3) is 0.417. The number of benzene rings is 4. The number of halogens is 2. The molecule has 51 heavy (non-hydrogen) atoms. The summed E-state index contributed by atoms with van der Waals surface area (Å²) in [7, 11) is 0. The Morgan fingerprint density at radius 3 is 1.22 bits per heavy atom. The second-order valence-corrected chi connectivity index (χ2v) is 15.2. The lowest BCUT2D eigenvalue weighted by Gasteiger charge is -2.26. The van der Waals surface area contributed by atoms with E-state index in [2.05, 4.69) is 73.8 Å². The van der Waals surface area contributed by atoms with E-state index in [1.807, 2.05) is 24.3 Å². The lowest BCUT2D eigenvalue weighted by atomic mass is 9.79. The van der Waals surface area contributed by atoms with Gasteiger partial charge in [0, 0.05) is 0 Å². The van der Waals surface area contributed by atoms with E-state index in [4.69, 9.17) is 4.74 Å². The van der Waals surface area contributed by atoms with Crippen LogP contribution in [0.25, 0.3) is 22.3 Å². The van der Waals surface area contributed by atoms with Crippen molar-refractivity contribution in [2.75, 3.05) is 13.2 Å². The van der Waals surface area contributed by atoms with Crippen molar-refractivity contribution in [3.8, 4) is 22.3 Å². The maximum absolute atomic E-state index is 15.0. The Kier molecular flexibility index (Phi) is 13.5. The monoisotopic (exact) mass is 686 g/mol. The van der Waals surface area contributed by atoms with Crippen molar-refractivity contribution in [1.29, 1.82) is 0 Å². The summed E-state index contributed by atoms with van der Waals surface area (Å²) in [6.45, 7) is 8.70. The summed E-state index contributed by atoms with van der Waals surface area (Å²) in [4.78, 5) is 0.